The van der Waals surface area contributed by atoms with Gasteiger partial charge in [-0.05, 0) is 106 Å². The minimum Gasteiger partial charge on any atom is -0.482 e. The first-order chi connectivity index (χ1) is 25.0. The fourth-order valence-corrected chi connectivity index (χ4v) is 7.55. The molecule has 11 nitrogen and oxygen atoms in total. The van der Waals surface area contributed by atoms with E-state index in [9.17, 15) is 18.6 Å². The molecule has 53 heavy (non-hydrogen) atoms. The Morgan fingerprint density at radius 2 is 1.43 bits per heavy atom. The highest BCUT2D eigenvalue weighted by Crippen LogP contribution is 2.24. The van der Waals surface area contributed by atoms with E-state index < -0.39 is 22.0 Å². The number of hydrogen-bond donors (Lipinski definition) is 4. The first kappa shape index (κ1) is 41.9. The number of aromatic nitrogens is 4. The molecule has 13 heteroatoms. The number of imidazole rings is 2. The van der Waals surface area contributed by atoms with Crippen LogP contribution in [0.15, 0.2) is 96.2 Å². The SMILES string of the molecule is Cc1ccc(S(=O)(=O)CCc2ccc(C(C)(C)NCC(O)Cn3ccnc3)cc2)cc1C.Cc1csc(OCC(C)(C)NCC(O)Cn2ccnc2)c1. The van der Waals surface area contributed by atoms with Crippen LogP contribution in [0.25, 0.3) is 0 Å². The summed E-state index contributed by atoms with van der Waals surface area (Å²) in [6, 6.07) is 15.3. The van der Waals surface area contributed by atoms with Crippen LogP contribution >= 0.6 is 11.3 Å². The number of aryl methyl sites for hydroxylation is 4. The molecule has 2 aromatic carbocycles. The van der Waals surface area contributed by atoms with Gasteiger partial charge in [0.1, 0.15) is 6.61 Å². The first-order valence-corrected chi connectivity index (χ1v) is 20.4. The Morgan fingerprint density at radius 3 is 1.96 bits per heavy atom. The third-order valence-electron chi connectivity index (χ3n) is 9.01. The van der Waals surface area contributed by atoms with Gasteiger partial charge in [-0.25, -0.2) is 18.4 Å². The van der Waals surface area contributed by atoms with Gasteiger partial charge in [0.05, 0.1) is 48.6 Å². The van der Waals surface area contributed by atoms with Gasteiger partial charge in [-0.1, -0.05) is 30.3 Å². The van der Waals surface area contributed by atoms with E-state index >= 15 is 0 Å². The zero-order chi connectivity index (χ0) is 38.6. The first-order valence-electron chi connectivity index (χ1n) is 17.9. The lowest BCUT2D eigenvalue weighted by Gasteiger charge is -2.28. The lowest BCUT2D eigenvalue weighted by molar-refractivity contribution is 0.128. The molecule has 0 saturated heterocycles. The molecular formula is C40H56N6O5S2. The fourth-order valence-electron chi connectivity index (χ4n) is 5.42. The molecule has 0 spiro atoms. The maximum Gasteiger partial charge on any atom is 0.178 e. The Labute approximate surface area is 319 Å². The summed E-state index contributed by atoms with van der Waals surface area (Å²) in [6.07, 6.45) is 9.95. The molecule has 0 aliphatic heterocycles. The lowest BCUT2D eigenvalue weighted by atomic mass is 9.93. The average Bonchev–Trinajstić information content (AvgIpc) is 3.91. The van der Waals surface area contributed by atoms with E-state index in [4.69, 9.17) is 4.74 Å². The van der Waals surface area contributed by atoms with Gasteiger partial charge in [-0.2, -0.15) is 0 Å². The number of nitrogens with zero attached hydrogens (tertiary/aromatic N) is 4. The Kier molecular flexibility index (Phi) is 15.0. The van der Waals surface area contributed by atoms with E-state index in [1.807, 2.05) is 71.8 Å². The van der Waals surface area contributed by atoms with Crippen molar-refractivity contribution in [2.75, 3.05) is 25.4 Å². The van der Waals surface area contributed by atoms with Gasteiger partial charge >= 0.3 is 0 Å². The summed E-state index contributed by atoms with van der Waals surface area (Å²) in [7, 11) is -3.32. The molecule has 3 heterocycles. The van der Waals surface area contributed by atoms with Crippen LogP contribution in [-0.2, 0) is 34.9 Å². The smallest absolute Gasteiger partial charge is 0.178 e. The summed E-state index contributed by atoms with van der Waals surface area (Å²) >= 11 is 1.61. The molecule has 0 bridgehead atoms. The van der Waals surface area contributed by atoms with Crippen LogP contribution in [0.3, 0.4) is 0 Å². The van der Waals surface area contributed by atoms with E-state index in [0.29, 0.717) is 44.1 Å². The zero-order valence-corrected chi connectivity index (χ0v) is 33.6. The van der Waals surface area contributed by atoms with Crippen molar-refractivity contribution in [3.8, 4) is 5.06 Å². The van der Waals surface area contributed by atoms with Crippen LogP contribution < -0.4 is 15.4 Å². The van der Waals surface area contributed by atoms with E-state index in [0.717, 1.165) is 27.3 Å². The molecule has 0 radical (unpaired) electrons. The molecule has 4 N–H and O–H groups in total. The van der Waals surface area contributed by atoms with E-state index in [2.05, 4.69) is 60.6 Å². The molecule has 3 aromatic heterocycles. The number of thiophene rings is 1. The second-order valence-electron chi connectivity index (χ2n) is 14.8. The van der Waals surface area contributed by atoms with Crippen LogP contribution in [0, 0.1) is 20.8 Å². The van der Waals surface area contributed by atoms with Crippen LogP contribution in [0.1, 0.15) is 55.5 Å². The fraction of sp³-hybridized carbons (Fsp3) is 0.450. The van der Waals surface area contributed by atoms with Gasteiger partial charge < -0.3 is 34.7 Å². The van der Waals surface area contributed by atoms with Gasteiger partial charge in [-0.15, -0.1) is 11.3 Å². The molecule has 0 fully saturated rings. The second-order valence-corrected chi connectivity index (χ2v) is 17.8. The minimum atomic E-state index is -3.32. The highest BCUT2D eigenvalue weighted by Gasteiger charge is 2.22. The van der Waals surface area contributed by atoms with Crippen molar-refractivity contribution in [3.63, 3.8) is 0 Å². The molecule has 0 saturated carbocycles. The van der Waals surface area contributed by atoms with Gasteiger partial charge in [-0.3, -0.25) is 0 Å². The summed E-state index contributed by atoms with van der Waals surface area (Å²) < 4.78 is 34.9. The number of nitrogens with one attached hydrogen (secondary N) is 2. The Morgan fingerprint density at radius 1 is 0.830 bits per heavy atom. The molecular weight excluding hydrogens is 709 g/mol. The van der Waals surface area contributed by atoms with E-state index in [1.165, 1.54) is 5.56 Å². The standard InChI is InChI=1S/C25H33N3O3S.C15H23N3O2S/c1-19-5-10-24(15-20(19)2)32(30,31)14-11-21-6-8-22(9-7-21)25(3,4)27-16-23(29)17-28-13-12-26-18-28;1-12-6-14(21-9-12)20-10-15(2,3)17-7-13(19)8-18-5-4-16-11-18/h5-10,12-13,15,18,23,27,29H,11,14,16-17H2,1-4H3;4-6,9,11,13,17,19H,7-8,10H2,1-3H3. The van der Waals surface area contributed by atoms with Crippen LogP contribution in [0.4, 0.5) is 0 Å². The predicted octanol–water partition coefficient (Wildman–Crippen LogP) is 5.46. The zero-order valence-electron chi connectivity index (χ0n) is 32.0. The van der Waals surface area contributed by atoms with Crippen LogP contribution in [-0.4, -0.2) is 80.9 Å². The Bertz CT molecular complexity index is 1920. The predicted molar refractivity (Wildman–Crippen MR) is 212 cm³/mol. The molecule has 0 aliphatic carbocycles. The highest BCUT2D eigenvalue weighted by molar-refractivity contribution is 7.91. The maximum absolute atomic E-state index is 12.7. The number of aliphatic hydroxyl groups excluding tert-OH is 2. The van der Waals surface area contributed by atoms with E-state index in [-0.39, 0.29) is 16.8 Å². The van der Waals surface area contributed by atoms with Crippen molar-refractivity contribution < 1.29 is 23.4 Å². The molecule has 0 aliphatic rings. The quantitative estimate of drug-likeness (QED) is 0.0915. The van der Waals surface area contributed by atoms with Crippen molar-refractivity contribution >= 4 is 21.2 Å². The second kappa shape index (κ2) is 19.0. The van der Waals surface area contributed by atoms with Crippen LogP contribution in [0.2, 0.25) is 0 Å². The highest BCUT2D eigenvalue weighted by atomic mass is 32.2. The summed E-state index contributed by atoms with van der Waals surface area (Å²) in [6.45, 7) is 16.8. The van der Waals surface area contributed by atoms with E-state index in [1.54, 1.807) is 48.5 Å². The topological polar surface area (TPSA) is 144 Å². The molecule has 2 unspecified atom stereocenters. The van der Waals surface area contributed by atoms with Gasteiger partial charge in [0.15, 0.2) is 14.9 Å². The van der Waals surface area contributed by atoms with Crippen molar-refractivity contribution in [3.05, 3.63) is 119 Å². The van der Waals surface area contributed by atoms with Crippen LogP contribution in [0.5, 0.6) is 5.06 Å². The van der Waals surface area contributed by atoms with Gasteiger partial charge in [0.2, 0.25) is 0 Å². The molecule has 0 amide bonds. The number of sulfone groups is 1. The molecule has 2 atom stereocenters. The third kappa shape index (κ3) is 13.8. The molecule has 5 aromatic rings. The number of β-amino-alcohol motifs (C(OH)–C–C–N with tert-alkyl or cyclic N) is 1. The van der Waals surface area contributed by atoms with Crippen molar-refractivity contribution in [1.82, 2.24) is 29.7 Å². The van der Waals surface area contributed by atoms with Crippen molar-refractivity contribution in [1.29, 1.82) is 0 Å². The van der Waals surface area contributed by atoms with Crippen molar-refractivity contribution in [2.24, 2.45) is 0 Å². The summed E-state index contributed by atoms with van der Waals surface area (Å²) in [5, 5.41) is 30.1. The number of benzene rings is 2. The number of ether oxygens (including phenoxy) is 1. The van der Waals surface area contributed by atoms with Gasteiger partial charge in [0.25, 0.3) is 0 Å². The summed E-state index contributed by atoms with van der Waals surface area (Å²) in [5.74, 6) is 0.0803. The number of hydrogen-bond acceptors (Lipinski definition) is 10. The molecule has 5 rings (SSSR count). The monoisotopic (exact) mass is 764 g/mol. The van der Waals surface area contributed by atoms with Crippen molar-refractivity contribution in [2.45, 2.75) is 96.2 Å². The average molecular weight is 765 g/mol. The summed E-state index contributed by atoms with van der Waals surface area (Å²) in [4.78, 5) is 8.34. The van der Waals surface area contributed by atoms with Gasteiger partial charge in [0, 0.05) is 49.0 Å². The lowest BCUT2D eigenvalue weighted by Crippen LogP contribution is -2.48. The number of rotatable bonds is 18. The largest absolute Gasteiger partial charge is 0.482 e. The maximum atomic E-state index is 12.7. The third-order valence-corrected chi connectivity index (χ3v) is 11.7. The Hall–Kier alpha value is -3.85. The Balaban J connectivity index is 0.000000258. The normalized spacial score (nSPS) is 13.3. The summed E-state index contributed by atoms with van der Waals surface area (Å²) in [5.41, 5.74) is 4.82. The number of aliphatic hydroxyl groups is 2. The minimum absolute atomic E-state index is 0.0803. The molecule has 288 valence electrons.